The van der Waals surface area contributed by atoms with E-state index in [9.17, 15) is 14.7 Å². The van der Waals surface area contributed by atoms with E-state index in [0.29, 0.717) is 31.4 Å². The number of hydrogen-bond acceptors (Lipinski definition) is 6. The second-order valence-electron chi connectivity index (χ2n) is 9.94. The number of carbonyl (C=O) groups excluding carboxylic acids is 2. The summed E-state index contributed by atoms with van der Waals surface area (Å²) < 4.78 is 5.31. The molecular weight excluding hydrogens is 456 g/mol. The normalized spacial score (nSPS) is 24.6. The SMILES string of the molecule is CC[C@]1(C)CC(=O)N([C@H](CCOC)c2cccc(C(=O)NC3c4ccccc4CCC3O)c2)C(N)=N1. The summed E-state index contributed by atoms with van der Waals surface area (Å²) in [7, 11) is 1.61. The van der Waals surface area contributed by atoms with Crippen LogP contribution in [-0.2, 0) is 16.0 Å². The fourth-order valence-corrected chi connectivity index (χ4v) is 5.15. The van der Waals surface area contributed by atoms with Gasteiger partial charge in [-0.05, 0) is 61.4 Å². The lowest BCUT2D eigenvalue weighted by Gasteiger charge is -2.39. The van der Waals surface area contributed by atoms with E-state index in [1.165, 1.54) is 4.90 Å². The molecule has 0 fully saturated rings. The molecule has 0 bridgehead atoms. The Labute approximate surface area is 212 Å². The zero-order chi connectivity index (χ0) is 25.9. The molecule has 0 aromatic heterocycles. The van der Waals surface area contributed by atoms with E-state index in [-0.39, 0.29) is 24.2 Å². The van der Waals surface area contributed by atoms with Crippen LogP contribution in [0.2, 0.25) is 0 Å². The number of hydrogen-bond donors (Lipinski definition) is 3. The van der Waals surface area contributed by atoms with Gasteiger partial charge in [0.1, 0.15) is 0 Å². The highest BCUT2D eigenvalue weighted by atomic mass is 16.5. The maximum absolute atomic E-state index is 13.3. The van der Waals surface area contributed by atoms with Gasteiger partial charge in [-0.15, -0.1) is 0 Å². The maximum Gasteiger partial charge on any atom is 0.251 e. The minimum absolute atomic E-state index is 0.0928. The highest BCUT2D eigenvalue weighted by Crippen LogP contribution is 2.33. The van der Waals surface area contributed by atoms with Crippen molar-refractivity contribution in [1.82, 2.24) is 10.2 Å². The smallest absolute Gasteiger partial charge is 0.251 e. The molecule has 1 heterocycles. The number of aliphatic hydroxyl groups excluding tert-OH is 1. The molecule has 4 rings (SSSR count). The van der Waals surface area contributed by atoms with Crippen molar-refractivity contribution in [2.45, 2.75) is 69.7 Å². The second-order valence-corrected chi connectivity index (χ2v) is 9.94. The third-order valence-corrected chi connectivity index (χ3v) is 7.41. The van der Waals surface area contributed by atoms with Gasteiger partial charge < -0.3 is 20.9 Å². The summed E-state index contributed by atoms with van der Waals surface area (Å²) in [4.78, 5) is 32.7. The highest BCUT2D eigenvalue weighted by molar-refractivity contribution is 5.99. The van der Waals surface area contributed by atoms with Gasteiger partial charge in [0, 0.05) is 19.3 Å². The van der Waals surface area contributed by atoms with Crippen molar-refractivity contribution in [3.8, 4) is 0 Å². The number of ether oxygens (including phenoxy) is 1. The number of methoxy groups -OCH3 is 1. The van der Waals surface area contributed by atoms with E-state index in [1.807, 2.05) is 44.2 Å². The van der Waals surface area contributed by atoms with Crippen LogP contribution in [-0.4, -0.2) is 53.1 Å². The molecule has 2 aromatic carbocycles. The number of benzene rings is 2. The van der Waals surface area contributed by atoms with Crippen molar-refractivity contribution in [3.63, 3.8) is 0 Å². The summed E-state index contributed by atoms with van der Waals surface area (Å²) in [6, 6.07) is 14.2. The predicted octanol–water partition coefficient (Wildman–Crippen LogP) is 3.26. The van der Waals surface area contributed by atoms with E-state index < -0.39 is 23.7 Å². The van der Waals surface area contributed by atoms with Crippen molar-refractivity contribution in [2.24, 2.45) is 10.7 Å². The maximum atomic E-state index is 13.3. The summed E-state index contributed by atoms with van der Waals surface area (Å²) in [5.74, 6) is -0.188. The van der Waals surface area contributed by atoms with E-state index in [4.69, 9.17) is 10.5 Å². The Balaban J connectivity index is 1.61. The van der Waals surface area contributed by atoms with Crippen LogP contribution in [0.15, 0.2) is 53.5 Å². The van der Waals surface area contributed by atoms with Gasteiger partial charge in [0.05, 0.1) is 30.1 Å². The average molecular weight is 493 g/mol. The minimum atomic E-state index is -0.656. The first-order valence-corrected chi connectivity index (χ1v) is 12.6. The Morgan fingerprint density at radius 3 is 2.81 bits per heavy atom. The van der Waals surface area contributed by atoms with Gasteiger partial charge in [-0.1, -0.05) is 43.3 Å². The van der Waals surface area contributed by atoms with Gasteiger partial charge >= 0.3 is 0 Å². The molecule has 8 nitrogen and oxygen atoms in total. The molecule has 4 N–H and O–H groups in total. The van der Waals surface area contributed by atoms with E-state index in [0.717, 1.165) is 23.1 Å². The van der Waals surface area contributed by atoms with Crippen LogP contribution in [0.1, 0.15) is 78.7 Å². The van der Waals surface area contributed by atoms with Crippen LogP contribution < -0.4 is 11.1 Å². The first-order valence-electron chi connectivity index (χ1n) is 12.6. The second kappa shape index (κ2) is 10.8. The highest BCUT2D eigenvalue weighted by Gasteiger charge is 2.38. The molecule has 2 unspecified atom stereocenters. The van der Waals surface area contributed by atoms with E-state index in [1.54, 1.807) is 25.3 Å². The Morgan fingerprint density at radius 2 is 2.08 bits per heavy atom. The lowest BCUT2D eigenvalue weighted by atomic mass is 9.85. The molecule has 8 heteroatoms. The number of nitrogens with two attached hydrogens (primary N) is 1. The Bertz CT molecular complexity index is 1150. The van der Waals surface area contributed by atoms with Crippen LogP contribution in [0.25, 0.3) is 0 Å². The molecule has 0 spiro atoms. The van der Waals surface area contributed by atoms with Crippen molar-refractivity contribution in [2.75, 3.05) is 13.7 Å². The van der Waals surface area contributed by atoms with Crippen molar-refractivity contribution in [3.05, 3.63) is 70.8 Å². The van der Waals surface area contributed by atoms with Gasteiger partial charge in [-0.3, -0.25) is 14.5 Å². The third kappa shape index (κ3) is 5.29. The van der Waals surface area contributed by atoms with E-state index in [2.05, 4.69) is 10.3 Å². The molecule has 4 atom stereocenters. The number of fused-ring (bicyclic) bond motifs is 1. The molecule has 2 amide bonds. The fourth-order valence-electron chi connectivity index (χ4n) is 5.15. The number of rotatable bonds is 8. The predicted molar refractivity (Wildman–Crippen MR) is 138 cm³/mol. The van der Waals surface area contributed by atoms with Crippen molar-refractivity contribution in [1.29, 1.82) is 0 Å². The molecule has 1 aliphatic heterocycles. The molecule has 0 saturated heterocycles. The molecule has 36 heavy (non-hydrogen) atoms. The molecule has 2 aromatic rings. The quantitative estimate of drug-likeness (QED) is 0.523. The van der Waals surface area contributed by atoms with Gasteiger partial charge in [0.15, 0.2) is 5.96 Å². The zero-order valence-corrected chi connectivity index (χ0v) is 21.2. The monoisotopic (exact) mass is 492 g/mol. The van der Waals surface area contributed by atoms with Crippen LogP contribution >= 0.6 is 0 Å². The number of aliphatic hydroxyl groups is 1. The average Bonchev–Trinajstić information content (AvgIpc) is 2.87. The van der Waals surface area contributed by atoms with Gasteiger partial charge in [0.2, 0.25) is 5.91 Å². The van der Waals surface area contributed by atoms with Crippen molar-refractivity contribution >= 4 is 17.8 Å². The minimum Gasteiger partial charge on any atom is -0.391 e. The zero-order valence-electron chi connectivity index (χ0n) is 21.2. The van der Waals surface area contributed by atoms with Gasteiger partial charge in [-0.2, -0.15) is 0 Å². The molecule has 0 saturated carbocycles. The summed E-state index contributed by atoms with van der Waals surface area (Å²) in [6.45, 7) is 4.34. The van der Waals surface area contributed by atoms with Crippen LogP contribution in [0.4, 0.5) is 0 Å². The summed E-state index contributed by atoms with van der Waals surface area (Å²) in [5.41, 5.74) is 9.11. The standard InChI is InChI=1S/C28H36N4O4/c1-4-28(2)17-24(34)32(27(29)31-28)22(14-15-36-3)19-9-7-10-20(16-19)26(35)30-25-21-11-6-5-8-18(21)12-13-23(25)33/h5-11,16,22-23,25,33H,4,12-15,17H2,1-3H3,(H2,29,31)(H,30,35)/t22-,23?,25?,28-/m1/s1. The number of aryl methyl sites for hydroxylation is 1. The van der Waals surface area contributed by atoms with Gasteiger partial charge in [-0.25, -0.2) is 4.99 Å². The molecule has 192 valence electrons. The summed E-state index contributed by atoms with van der Waals surface area (Å²) in [6.07, 6.45) is 2.20. The summed E-state index contributed by atoms with van der Waals surface area (Å²) in [5, 5.41) is 13.7. The molecule has 1 aliphatic carbocycles. The van der Waals surface area contributed by atoms with Crippen molar-refractivity contribution < 1.29 is 19.4 Å². The first-order chi connectivity index (χ1) is 17.3. The Morgan fingerprint density at radius 1 is 1.31 bits per heavy atom. The number of nitrogens with one attached hydrogen (secondary N) is 1. The lowest BCUT2D eigenvalue weighted by molar-refractivity contribution is -0.131. The van der Waals surface area contributed by atoms with Crippen LogP contribution in [0.5, 0.6) is 0 Å². The Hall–Kier alpha value is -3.23. The number of carbonyl (C=O) groups is 2. The number of amides is 2. The summed E-state index contributed by atoms with van der Waals surface area (Å²) >= 11 is 0. The van der Waals surface area contributed by atoms with E-state index >= 15 is 0 Å². The molecule has 2 aliphatic rings. The Kier molecular flexibility index (Phi) is 7.76. The van der Waals surface area contributed by atoms with Crippen LogP contribution in [0.3, 0.4) is 0 Å². The number of nitrogens with zero attached hydrogens (tertiary/aromatic N) is 2. The van der Waals surface area contributed by atoms with Gasteiger partial charge in [0.25, 0.3) is 5.91 Å². The van der Waals surface area contributed by atoms with Crippen LogP contribution in [0, 0.1) is 0 Å². The third-order valence-electron chi connectivity index (χ3n) is 7.41. The fraction of sp³-hybridized carbons (Fsp3) is 0.464. The number of guanidine groups is 1. The molecular formula is C28H36N4O4. The molecule has 0 radical (unpaired) electrons. The largest absolute Gasteiger partial charge is 0.391 e. The lowest BCUT2D eigenvalue weighted by Crippen LogP contribution is -2.52. The topological polar surface area (TPSA) is 117 Å². The number of aliphatic imine (C=N–C) groups is 1. The first kappa shape index (κ1) is 25.9.